The lowest BCUT2D eigenvalue weighted by atomic mass is 10.2. The predicted octanol–water partition coefficient (Wildman–Crippen LogP) is 4.54. The van der Waals surface area contributed by atoms with Crippen molar-refractivity contribution in [1.29, 1.82) is 0 Å². The first-order valence-electron chi connectivity index (χ1n) is 8.09. The van der Waals surface area contributed by atoms with E-state index in [0.717, 1.165) is 16.9 Å². The second kappa shape index (κ2) is 7.04. The second-order valence-corrected chi connectivity index (χ2v) is 6.32. The average Bonchev–Trinajstić information content (AvgIpc) is 3.12. The quantitative estimate of drug-likeness (QED) is 0.412. The lowest BCUT2D eigenvalue weighted by Gasteiger charge is -2.00. The molecule has 0 aliphatic carbocycles. The smallest absolute Gasteiger partial charge is 0.352 e. The van der Waals surface area contributed by atoms with Crippen molar-refractivity contribution in [3.05, 3.63) is 47.3 Å². The molecule has 0 radical (unpaired) electrons. The molecule has 2 aromatic heterocycles. The van der Waals surface area contributed by atoms with Crippen LogP contribution in [0.1, 0.15) is 16.6 Å². The van der Waals surface area contributed by atoms with E-state index < -0.39 is 5.97 Å². The molecule has 4 rings (SSSR count). The van der Waals surface area contributed by atoms with Crippen molar-refractivity contribution in [2.75, 3.05) is 6.61 Å². The summed E-state index contributed by atoms with van der Waals surface area (Å²) in [6, 6.07) is 11.7. The van der Waals surface area contributed by atoms with Crippen molar-refractivity contribution in [2.24, 2.45) is 10.2 Å². The Morgan fingerprint density at radius 2 is 1.81 bits per heavy atom. The number of esters is 1. The standard InChI is InChI=1S/C18H13N5O3S/c1-2-26-18(25)17-16-15(23-27-17)13-9-11(5-8-14(13)21-22-16)20-19-10-3-6-12(24)7-4-10/h3-9,24H,2H2,1H3/b20-19+. The summed E-state index contributed by atoms with van der Waals surface area (Å²) < 4.78 is 9.40. The van der Waals surface area contributed by atoms with Crippen LogP contribution in [0.3, 0.4) is 0 Å². The lowest BCUT2D eigenvalue weighted by Crippen LogP contribution is -2.03. The molecule has 0 amide bonds. The van der Waals surface area contributed by atoms with E-state index in [0.29, 0.717) is 32.8 Å². The predicted molar refractivity (Wildman–Crippen MR) is 101 cm³/mol. The number of carbonyl (C=O) groups excluding carboxylic acids is 1. The van der Waals surface area contributed by atoms with Gasteiger partial charge in [0.15, 0.2) is 4.88 Å². The summed E-state index contributed by atoms with van der Waals surface area (Å²) in [6.07, 6.45) is 0. The molecule has 27 heavy (non-hydrogen) atoms. The number of carbonyl (C=O) groups is 1. The van der Waals surface area contributed by atoms with Gasteiger partial charge in [0.25, 0.3) is 0 Å². The highest BCUT2D eigenvalue weighted by Crippen LogP contribution is 2.30. The number of nitrogens with zero attached hydrogens (tertiary/aromatic N) is 5. The highest BCUT2D eigenvalue weighted by atomic mass is 32.1. The van der Waals surface area contributed by atoms with E-state index in [1.807, 2.05) is 0 Å². The minimum Gasteiger partial charge on any atom is -0.508 e. The molecule has 0 saturated carbocycles. The zero-order valence-electron chi connectivity index (χ0n) is 14.2. The molecule has 2 heterocycles. The summed E-state index contributed by atoms with van der Waals surface area (Å²) in [7, 11) is 0. The lowest BCUT2D eigenvalue weighted by molar-refractivity contribution is 0.0534. The van der Waals surface area contributed by atoms with Crippen LogP contribution in [0.4, 0.5) is 11.4 Å². The van der Waals surface area contributed by atoms with E-state index in [4.69, 9.17) is 4.74 Å². The Kier molecular flexibility index (Phi) is 4.43. The van der Waals surface area contributed by atoms with Crippen LogP contribution >= 0.6 is 11.5 Å². The Labute approximate surface area is 157 Å². The first kappa shape index (κ1) is 17.0. The molecule has 134 valence electrons. The van der Waals surface area contributed by atoms with Crippen molar-refractivity contribution >= 4 is 50.8 Å². The number of aromatic nitrogens is 3. The summed E-state index contributed by atoms with van der Waals surface area (Å²) in [4.78, 5) is 12.4. The van der Waals surface area contributed by atoms with Gasteiger partial charge in [-0.15, -0.1) is 10.2 Å². The molecule has 4 aromatic rings. The third kappa shape index (κ3) is 3.32. The van der Waals surface area contributed by atoms with Crippen LogP contribution in [0.5, 0.6) is 5.75 Å². The van der Waals surface area contributed by atoms with Crippen LogP contribution in [0.25, 0.3) is 21.9 Å². The van der Waals surface area contributed by atoms with Crippen LogP contribution < -0.4 is 0 Å². The molecular weight excluding hydrogens is 366 g/mol. The fourth-order valence-corrected chi connectivity index (χ4v) is 3.21. The summed E-state index contributed by atoms with van der Waals surface area (Å²) in [6.45, 7) is 2.02. The van der Waals surface area contributed by atoms with E-state index >= 15 is 0 Å². The topological polar surface area (TPSA) is 110 Å². The molecule has 0 aliphatic rings. The number of ether oxygens (including phenoxy) is 1. The van der Waals surface area contributed by atoms with Crippen molar-refractivity contribution < 1.29 is 14.6 Å². The number of benzene rings is 2. The largest absolute Gasteiger partial charge is 0.508 e. The van der Waals surface area contributed by atoms with Gasteiger partial charge in [0.1, 0.15) is 16.8 Å². The van der Waals surface area contributed by atoms with E-state index in [-0.39, 0.29) is 12.4 Å². The first-order valence-corrected chi connectivity index (χ1v) is 8.87. The van der Waals surface area contributed by atoms with Crippen LogP contribution in [0.15, 0.2) is 52.7 Å². The molecule has 0 bridgehead atoms. The fourth-order valence-electron chi connectivity index (χ4n) is 2.49. The van der Waals surface area contributed by atoms with Gasteiger partial charge < -0.3 is 9.84 Å². The molecule has 0 fully saturated rings. The monoisotopic (exact) mass is 379 g/mol. The van der Waals surface area contributed by atoms with Crippen LogP contribution in [-0.2, 0) is 4.74 Å². The maximum absolute atomic E-state index is 12.0. The fraction of sp³-hybridized carbons (Fsp3) is 0.111. The number of phenols is 1. The number of azo groups is 1. The maximum atomic E-state index is 12.0. The van der Waals surface area contributed by atoms with Gasteiger partial charge >= 0.3 is 5.97 Å². The van der Waals surface area contributed by atoms with Gasteiger partial charge in [0.05, 0.1) is 23.5 Å². The SMILES string of the molecule is CCOC(=O)c1snc2c1nnc1ccc(/N=N/c3ccc(O)cc3)cc12. The number of phenolic OH excluding ortho intramolecular Hbond substituents is 1. The molecule has 2 aromatic carbocycles. The third-order valence-corrected chi connectivity index (χ3v) is 4.57. The molecule has 0 atom stereocenters. The van der Waals surface area contributed by atoms with Crippen molar-refractivity contribution in [3.63, 3.8) is 0 Å². The molecule has 9 heteroatoms. The molecule has 0 aliphatic heterocycles. The zero-order chi connectivity index (χ0) is 18.8. The molecule has 0 spiro atoms. The summed E-state index contributed by atoms with van der Waals surface area (Å²) in [5, 5.41) is 26.7. The summed E-state index contributed by atoms with van der Waals surface area (Å²) in [5.74, 6) is -0.289. The zero-order valence-corrected chi connectivity index (χ0v) is 15.0. The Bertz CT molecular complexity index is 1170. The normalized spacial score (nSPS) is 11.4. The summed E-state index contributed by atoms with van der Waals surface area (Å²) >= 11 is 1.04. The molecule has 0 unspecified atom stereocenters. The number of rotatable bonds is 4. The number of fused-ring (bicyclic) bond motifs is 3. The van der Waals surface area contributed by atoms with Crippen molar-refractivity contribution in [3.8, 4) is 5.75 Å². The van der Waals surface area contributed by atoms with E-state index in [1.165, 1.54) is 0 Å². The third-order valence-electron chi connectivity index (χ3n) is 3.75. The van der Waals surface area contributed by atoms with Crippen molar-refractivity contribution in [2.45, 2.75) is 6.92 Å². The number of aromatic hydroxyl groups is 1. The number of hydrogen-bond acceptors (Lipinski definition) is 9. The van der Waals surface area contributed by atoms with Crippen molar-refractivity contribution in [1.82, 2.24) is 14.6 Å². The Balaban J connectivity index is 1.75. The maximum Gasteiger partial charge on any atom is 0.352 e. The second-order valence-electron chi connectivity index (χ2n) is 5.55. The van der Waals surface area contributed by atoms with Gasteiger partial charge in [-0.05, 0) is 60.9 Å². The van der Waals surface area contributed by atoms with Gasteiger partial charge in [-0.25, -0.2) is 4.79 Å². The Morgan fingerprint density at radius 3 is 2.59 bits per heavy atom. The minimum absolute atomic E-state index is 0.168. The van der Waals surface area contributed by atoms with E-state index in [9.17, 15) is 9.90 Å². The highest BCUT2D eigenvalue weighted by Gasteiger charge is 2.19. The Morgan fingerprint density at radius 1 is 1.07 bits per heavy atom. The van der Waals surface area contributed by atoms with Gasteiger partial charge in [-0.3, -0.25) is 0 Å². The summed E-state index contributed by atoms with van der Waals surface area (Å²) in [5.41, 5.74) is 2.86. The van der Waals surface area contributed by atoms with Crippen LogP contribution in [0.2, 0.25) is 0 Å². The number of hydrogen-bond donors (Lipinski definition) is 1. The van der Waals surface area contributed by atoms with Gasteiger partial charge in [-0.2, -0.15) is 14.6 Å². The van der Waals surface area contributed by atoms with E-state index in [2.05, 4.69) is 24.8 Å². The highest BCUT2D eigenvalue weighted by molar-refractivity contribution is 7.09. The van der Waals surface area contributed by atoms with Gasteiger partial charge in [0, 0.05) is 5.39 Å². The van der Waals surface area contributed by atoms with E-state index in [1.54, 1.807) is 49.4 Å². The van der Waals surface area contributed by atoms with Crippen LogP contribution in [-0.4, -0.2) is 32.3 Å². The Hall–Kier alpha value is -3.46. The van der Waals surface area contributed by atoms with Gasteiger partial charge in [-0.1, -0.05) is 0 Å². The molecule has 8 nitrogen and oxygen atoms in total. The first-order chi connectivity index (χ1) is 13.2. The minimum atomic E-state index is -0.457. The molecule has 1 N–H and O–H groups in total. The van der Waals surface area contributed by atoms with Gasteiger partial charge in [0.2, 0.25) is 0 Å². The average molecular weight is 379 g/mol. The molecular formula is C18H13N5O3S. The molecule has 0 saturated heterocycles. The van der Waals surface area contributed by atoms with Crippen LogP contribution in [0, 0.1) is 0 Å².